The number of ether oxygens (including phenoxy) is 2. The number of piperidine rings is 1. The Labute approximate surface area is 224 Å². The number of hydrogen-bond donors (Lipinski definition) is 1. The van der Waals surface area contributed by atoms with Gasteiger partial charge in [0.2, 0.25) is 5.95 Å². The lowest BCUT2D eigenvalue weighted by molar-refractivity contribution is -0.147. The number of fused-ring (bicyclic) bond motifs is 1. The van der Waals surface area contributed by atoms with Crippen molar-refractivity contribution in [1.29, 1.82) is 0 Å². The van der Waals surface area contributed by atoms with E-state index in [1.165, 1.54) is 37.8 Å². The molecule has 0 amide bonds. The molecule has 0 bridgehead atoms. The second kappa shape index (κ2) is 11.6. The van der Waals surface area contributed by atoms with E-state index in [-0.39, 0.29) is 35.1 Å². The van der Waals surface area contributed by atoms with Crippen LogP contribution in [0.2, 0.25) is 0 Å². The van der Waals surface area contributed by atoms with Crippen molar-refractivity contribution < 1.29 is 19.1 Å². The van der Waals surface area contributed by atoms with E-state index in [2.05, 4.69) is 21.6 Å². The maximum Gasteiger partial charge on any atom is 0.346 e. The van der Waals surface area contributed by atoms with Crippen LogP contribution in [0.1, 0.15) is 37.0 Å². The predicted octanol–water partition coefficient (Wildman–Crippen LogP) is 0.671. The van der Waals surface area contributed by atoms with Crippen molar-refractivity contribution >= 4 is 28.9 Å². The Morgan fingerprint density at radius 3 is 2.67 bits per heavy atom. The lowest BCUT2D eigenvalue weighted by atomic mass is 10.1. The zero-order valence-corrected chi connectivity index (χ0v) is 22.5. The molecule has 1 aliphatic heterocycles. The Bertz CT molecular complexity index is 1590. The molecule has 0 aliphatic carbocycles. The number of rotatable bonds is 8. The van der Waals surface area contributed by atoms with Gasteiger partial charge in [-0.15, -0.1) is 5.92 Å². The summed E-state index contributed by atoms with van der Waals surface area (Å²) in [5.74, 6) is 5.31. The van der Waals surface area contributed by atoms with Gasteiger partial charge in [-0.05, 0) is 38.8 Å². The average Bonchev–Trinajstić information content (AvgIpc) is 3.32. The summed E-state index contributed by atoms with van der Waals surface area (Å²) in [6.07, 6.45) is 0.798. The number of carbonyl (C=O) groups excluding carboxylic acids is 2. The maximum absolute atomic E-state index is 13.8. The molecule has 0 spiro atoms. The fraction of sp³-hybridized carbons (Fsp3) is 0.444. The molecule has 1 saturated heterocycles. The van der Waals surface area contributed by atoms with Gasteiger partial charge in [0, 0.05) is 26.2 Å². The van der Waals surface area contributed by atoms with Crippen molar-refractivity contribution in [2.75, 3.05) is 25.1 Å². The number of aryl methyl sites for hydroxylation is 1. The van der Waals surface area contributed by atoms with Crippen molar-refractivity contribution in [2.24, 2.45) is 12.8 Å². The molecule has 2 unspecified atom stereocenters. The lowest BCUT2D eigenvalue weighted by Gasteiger charge is -2.31. The number of methoxy groups -OCH3 is 1. The van der Waals surface area contributed by atoms with Gasteiger partial charge >= 0.3 is 11.7 Å². The number of nitrogens with two attached hydrogens (primary N) is 1. The number of nitrogens with zero attached hydrogens (tertiary/aromatic N) is 5. The van der Waals surface area contributed by atoms with Gasteiger partial charge in [-0.1, -0.05) is 18.1 Å². The summed E-state index contributed by atoms with van der Waals surface area (Å²) in [6.45, 7) is 4.10. The largest absolute Gasteiger partial charge is 0.478 e. The van der Waals surface area contributed by atoms with Gasteiger partial charge in [-0.2, -0.15) is 4.98 Å². The summed E-state index contributed by atoms with van der Waals surface area (Å²) < 4.78 is 14.2. The molecule has 3 heterocycles. The normalized spacial score (nSPS) is 15.9. The van der Waals surface area contributed by atoms with E-state index in [4.69, 9.17) is 10.5 Å². The highest BCUT2D eigenvalue weighted by atomic mass is 16.6. The molecule has 2 N–H and O–H groups in total. The molecular formula is C27H32N6O6. The van der Waals surface area contributed by atoms with Crippen molar-refractivity contribution in [1.82, 2.24) is 18.7 Å². The third-order valence-electron chi connectivity index (χ3n) is 6.69. The Morgan fingerprint density at radius 1 is 1.23 bits per heavy atom. The summed E-state index contributed by atoms with van der Waals surface area (Å²) in [5.41, 5.74) is 5.35. The van der Waals surface area contributed by atoms with E-state index < -0.39 is 35.7 Å². The van der Waals surface area contributed by atoms with Crippen LogP contribution in [0, 0.1) is 11.8 Å². The second-order valence-electron chi connectivity index (χ2n) is 9.38. The van der Waals surface area contributed by atoms with Crippen LogP contribution in [0.15, 0.2) is 33.9 Å². The minimum Gasteiger partial charge on any atom is -0.478 e. The number of Topliss-reactive ketones (excluding diaryl/α,β-unsaturated/α-hetero) is 1. The van der Waals surface area contributed by atoms with Crippen LogP contribution in [0.25, 0.3) is 11.2 Å². The van der Waals surface area contributed by atoms with Crippen LogP contribution in [-0.2, 0) is 29.7 Å². The molecule has 2 atom stereocenters. The molecule has 1 fully saturated rings. The van der Waals surface area contributed by atoms with Crippen LogP contribution in [0.4, 0.5) is 5.95 Å². The number of imidazole rings is 1. The number of anilines is 1. The van der Waals surface area contributed by atoms with Crippen molar-refractivity contribution in [3.63, 3.8) is 0 Å². The van der Waals surface area contributed by atoms with Crippen LogP contribution in [-0.4, -0.2) is 62.8 Å². The first-order valence-electron chi connectivity index (χ1n) is 12.6. The number of ketones is 1. The van der Waals surface area contributed by atoms with Gasteiger partial charge in [0.25, 0.3) is 5.56 Å². The number of hydrogen-bond acceptors (Lipinski definition) is 9. The van der Waals surface area contributed by atoms with E-state index in [9.17, 15) is 19.2 Å². The predicted molar refractivity (Wildman–Crippen MR) is 145 cm³/mol. The quantitative estimate of drug-likeness (QED) is 0.250. The van der Waals surface area contributed by atoms with Crippen molar-refractivity contribution in [2.45, 2.75) is 51.9 Å². The van der Waals surface area contributed by atoms with E-state index in [0.717, 1.165) is 17.4 Å². The van der Waals surface area contributed by atoms with Crippen molar-refractivity contribution in [3.05, 3.63) is 50.7 Å². The molecule has 3 aromatic rings. The standard InChI is InChI=1S/C27H32N6O6/c1-5-6-14-32-22-23(29-26(32)31-13-9-10-18(28)15-31)30(3)27(37)33(24(22)35)16-20(34)19-11-7-8-12-21(19)39-17(2)25(36)38-4/h7-8,11-12,17-18H,9-10,13-16,28H2,1-4H3. The van der Waals surface area contributed by atoms with E-state index in [1.54, 1.807) is 23.6 Å². The fourth-order valence-corrected chi connectivity index (χ4v) is 4.67. The lowest BCUT2D eigenvalue weighted by Crippen LogP contribution is -2.44. The van der Waals surface area contributed by atoms with Gasteiger partial charge in [-0.25, -0.2) is 9.59 Å². The zero-order chi connectivity index (χ0) is 28.3. The zero-order valence-electron chi connectivity index (χ0n) is 22.5. The summed E-state index contributed by atoms with van der Waals surface area (Å²) in [6, 6.07) is 6.28. The van der Waals surface area contributed by atoms with Crippen LogP contribution < -0.4 is 26.6 Å². The molecule has 0 radical (unpaired) electrons. The molecule has 39 heavy (non-hydrogen) atoms. The highest BCUT2D eigenvalue weighted by Gasteiger charge is 2.27. The number of aromatic nitrogens is 4. The average molecular weight is 537 g/mol. The van der Waals surface area contributed by atoms with Gasteiger partial charge < -0.3 is 20.1 Å². The summed E-state index contributed by atoms with van der Waals surface area (Å²) in [5, 5.41) is 0. The molecule has 206 valence electrons. The fourth-order valence-electron chi connectivity index (χ4n) is 4.67. The van der Waals surface area contributed by atoms with E-state index in [1.807, 2.05) is 4.90 Å². The smallest absolute Gasteiger partial charge is 0.346 e. The number of benzene rings is 1. The van der Waals surface area contributed by atoms with Crippen LogP contribution >= 0.6 is 0 Å². The SMILES string of the molecule is CC#CCn1c(N2CCCC(N)C2)nc2c1c(=O)n(CC(=O)c1ccccc1OC(C)C(=O)OC)c(=O)n2C. The Balaban J connectivity index is 1.79. The van der Waals surface area contributed by atoms with Crippen LogP contribution in [0.3, 0.4) is 0 Å². The number of esters is 1. The molecular weight excluding hydrogens is 504 g/mol. The van der Waals surface area contributed by atoms with Gasteiger partial charge in [0.1, 0.15) is 5.75 Å². The van der Waals surface area contributed by atoms with E-state index >= 15 is 0 Å². The summed E-state index contributed by atoms with van der Waals surface area (Å²) in [4.78, 5) is 58.9. The Hall–Kier alpha value is -4.37. The third kappa shape index (κ3) is 5.44. The molecule has 1 aromatic carbocycles. The molecule has 12 nitrogen and oxygen atoms in total. The van der Waals surface area contributed by atoms with Crippen molar-refractivity contribution in [3.8, 4) is 17.6 Å². The first kappa shape index (κ1) is 27.7. The minimum absolute atomic E-state index is 0.0356. The second-order valence-corrected chi connectivity index (χ2v) is 9.38. The van der Waals surface area contributed by atoms with Gasteiger partial charge in [-0.3, -0.25) is 23.3 Å². The first-order valence-corrected chi connectivity index (χ1v) is 12.6. The Morgan fingerprint density at radius 2 is 1.97 bits per heavy atom. The van der Waals surface area contributed by atoms with E-state index in [0.29, 0.717) is 19.0 Å². The highest BCUT2D eigenvalue weighted by Crippen LogP contribution is 2.24. The first-order chi connectivity index (χ1) is 18.7. The molecule has 4 rings (SSSR count). The van der Waals surface area contributed by atoms with Gasteiger partial charge in [0.05, 0.1) is 25.8 Å². The third-order valence-corrected chi connectivity index (χ3v) is 6.69. The minimum atomic E-state index is -0.966. The van der Waals surface area contributed by atoms with Crippen LogP contribution in [0.5, 0.6) is 5.75 Å². The molecule has 0 saturated carbocycles. The number of carbonyl (C=O) groups is 2. The maximum atomic E-state index is 13.8. The monoisotopic (exact) mass is 536 g/mol. The summed E-state index contributed by atoms with van der Waals surface area (Å²) >= 11 is 0. The molecule has 2 aromatic heterocycles. The number of para-hydroxylation sites is 1. The molecule has 12 heteroatoms. The summed E-state index contributed by atoms with van der Waals surface area (Å²) in [7, 11) is 2.74. The molecule has 1 aliphatic rings. The topological polar surface area (TPSA) is 144 Å². The highest BCUT2D eigenvalue weighted by molar-refractivity contribution is 5.98. The van der Waals surface area contributed by atoms with Gasteiger partial charge in [0.15, 0.2) is 23.1 Å². The Kier molecular flexibility index (Phi) is 8.21.